The Balaban J connectivity index is 2.19. The van der Waals surface area contributed by atoms with E-state index in [1.54, 1.807) is 24.3 Å². The maximum Gasteiger partial charge on any atom is 0.216 e. The highest BCUT2D eigenvalue weighted by molar-refractivity contribution is 7.88. The fraction of sp³-hybridized carbons (Fsp3) is 0.333. The van der Waals surface area contributed by atoms with Crippen molar-refractivity contribution in [1.29, 1.82) is 0 Å². The molecule has 2 rings (SSSR count). The van der Waals surface area contributed by atoms with Gasteiger partial charge in [-0.3, -0.25) is 0 Å². The minimum absolute atomic E-state index is 0.117. The second-order valence-electron chi connectivity index (χ2n) is 6.06. The zero-order chi connectivity index (χ0) is 16.9. The minimum Gasteiger partial charge on any atom is -0.212 e. The van der Waals surface area contributed by atoms with Gasteiger partial charge in [0.15, 0.2) is 0 Å². The number of rotatable bonds is 7. The van der Waals surface area contributed by atoms with Crippen LogP contribution < -0.4 is 4.72 Å². The Labute approximate surface area is 143 Å². The van der Waals surface area contributed by atoms with Gasteiger partial charge in [-0.05, 0) is 29.5 Å². The standard InChI is InChI=1S/C18H22ClNO2S/c1-14(2)12-18(15-8-4-3-5-9-15)20-23(21,22)13-16-10-6-7-11-17(16)19/h3-11,14,18,20H,12-13H2,1-2H3. The van der Waals surface area contributed by atoms with Crippen LogP contribution in [0.4, 0.5) is 0 Å². The van der Waals surface area contributed by atoms with Gasteiger partial charge in [0.1, 0.15) is 0 Å². The summed E-state index contributed by atoms with van der Waals surface area (Å²) in [5, 5.41) is 0.470. The summed E-state index contributed by atoms with van der Waals surface area (Å²) in [6.45, 7) is 4.16. The Hall–Kier alpha value is -1.36. The number of hydrogen-bond acceptors (Lipinski definition) is 2. The third-order valence-electron chi connectivity index (χ3n) is 3.53. The van der Waals surface area contributed by atoms with Crippen molar-refractivity contribution in [3.05, 3.63) is 70.7 Å². The summed E-state index contributed by atoms with van der Waals surface area (Å²) in [7, 11) is -3.48. The van der Waals surface area contributed by atoms with Gasteiger partial charge in [-0.15, -0.1) is 0 Å². The highest BCUT2D eigenvalue weighted by Crippen LogP contribution is 2.24. The summed E-state index contributed by atoms with van der Waals surface area (Å²) in [4.78, 5) is 0. The molecule has 3 nitrogen and oxygen atoms in total. The third-order valence-corrected chi connectivity index (χ3v) is 5.24. The average Bonchev–Trinajstić information content (AvgIpc) is 2.49. The normalized spacial score (nSPS) is 13.2. The van der Waals surface area contributed by atoms with Crippen LogP contribution in [0, 0.1) is 5.92 Å². The molecule has 0 saturated heterocycles. The van der Waals surface area contributed by atoms with E-state index in [0.29, 0.717) is 16.5 Å². The molecule has 1 atom stereocenters. The molecule has 0 aliphatic carbocycles. The lowest BCUT2D eigenvalue weighted by Gasteiger charge is -2.21. The summed E-state index contributed by atoms with van der Waals surface area (Å²) in [5.74, 6) is 0.261. The molecule has 0 radical (unpaired) electrons. The van der Waals surface area contributed by atoms with Crippen LogP contribution in [0.1, 0.15) is 37.4 Å². The molecule has 0 bridgehead atoms. The van der Waals surface area contributed by atoms with Gasteiger partial charge in [0.2, 0.25) is 10.0 Å². The molecule has 0 aliphatic rings. The summed E-state index contributed by atoms with van der Waals surface area (Å²) in [6, 6.07) is 16.5. The van der Waals surface area contributed by atoms with Crippen LogP contribution in [-0.2, 0) is 15.8 Å². The lowest BCUT2D eigenvalue weighted by atomic mass is 9.98. The van der Waals surface area contributed by atoms with E-state index in [1.165, 1.54) is 0 Å². The Kier molecular flexibility index (Phi) is 6.22. The second-order valence-corrected chi connectivity index (χ2v) is 8.22. The molecule has 2 aromatic rings. The van der Waals surface area contributed by atoms with Gasteiger partial charge >= 0.3 is 0 Å². The van der Waals surface area contributed by atoms with Crippen LogP contribution in [0.3, 0.4) is 0 Å². The van der Waals surface area contributed by atoms with E-state index in [-0.39, 0.29) is 11.8 Å². The quantitative estimate of drug-likeness (QED) is 0.795. The smallest absolute Gasteiger partial charge is 0.212 e. The SMILES string of the molecule is CC(C)CC(NS(=O)(=O)Cc1ccccc1Cl)c1ccccc1. The molecule has 0 amide bonds. The largest absolute Gasteiger partial charge is 0.216 e. The minimum atomic E-state index is -3.48. The van der Waals surface area contributed by atoms with Crippen molar-refractivity contribution in [2.75, 3.05) is 0 Å². The van der Waals surface area contributed by atoms with Gasteiger partial charge < -0.3 is 0 Å². The van der Waals surface area contributed by atoms with Gasteiger partial charge in [0.05, 0.1) is 5.75 Å². The van der Waals surface area contributed by atoms with E-state index in [0.717, 1.165) is 12.0 Å². The fourth-order valence-electron chi connectivity index (χ4n) is 2.49. The van der Waals surface area contributed by atoms with Crippen molar-refractivity contribution in [2.24, 2.45) is 5.92 Å². The van der Waals surface area contributed by atoms with Crippen molar-refractivity contribution < 1.29 is 8.42 Å². The first-order valence-electron chi connectivity index (χ1n) is 7.66. The molecule has 0 fully saturated rings. The molecule has 0 spiro atoms. The number of nitrogens with one attached hydrogen (secondary N) is 1. The van der Waals surface area contributed by atoms with Gasteiger partial charge in [-0.2, -0.15) is 0 Å². The van der Waals surface area contributed by atoms with Gasteiger partial charge in [0, 0.05) is 11.1 Å². The number of halogens is 1. The van der Waals surface area contributed by atoms with Gasteiger partial charge in [-0.25, -0.2) is 13.1 Å². The second kappa shape index (κ2) is 7.95. The van der Waals surface area contributed by atoms with Crippen molar-refractivity contribution >= 4 is 21.6 Å². The molecular formula is C18H22ClNO2S. The predicted octanol–water partition coefficient (Wildman–Crippen LogP) is 4.55. The van der Waals surface area contributed by atoms with E-state index >= 15 is 0 Å². The number of benzene rings is 2. The van der Waals surface area contributed by atoms with Crippen LogP contribution >= 0.6 is 11.6 Å². The van der Waals surface area contributed by atoms with E-state index < -0.39 is 10.0 Å². The fourth-order valence-corrected chi connectivity index (χ4v) is 4.18. The first kappa shape index (κ1) is 18.0. The molecule has 0 aliphatic heterocycles. The maximum absolute atomic E-state index is 12.5. The molecular weight excluding hydrogens is 330 g/mol. The summed E-state index contributed by atoms with van der Waals surface area (Å²) >= 11 is 6.08. The average molecular weight is 352 g/mol. The maximum atomic E-state index is 12.5. The van der Waals surface area contributed by atoms with Crippen molar-refractivity contribution in [1.82, 2.24) is 4.72 Å². The Bertz CT molecular complexity index is 730. The summed E-state index contributed by atoms with van der Waals surface area (Å²) < 4.78 is 27.9. The van der Waals surface area contributed by atoms with E-state index in [9.17, 15) is 8.42 Å². The summed E-state index contributed by atoms with van der Waals surface area (Å²) in [6.07, 6.45) is 0.742. The van der Waals surface area contributed by atoms with Crippen molar-refractivity contribution in [2.45, 2.75) is 32.1 Å². The first-order chi connectivity index (χ1) is 10.9. The van der Waals surface area contributed by atoms with Crippen LogP contribution in [-0.4, -0.2) is 8.42 Å². The molecule has 23 heavy (non-hydrogen) atoms. The highest BCUT2D eigenvalue weighted by Gasteiger charge is 2.21. The predicted molar refractivity (Wildman–Crippen MR) is 95.8 cm³/mol. The van der Waals surface area contributed by atoms with Gasteiger partial charge in [0.25, 0.3) is 0 Å². The van der Waals surface area contributed by atoms with Crippen LogP contribution in [0.25, 0.3) is 0 Å². The highest BCUT2D eigenvalue weighted by atomic mass is 35.5. The molecule has 124 valence electrons. The number of sulfonamides is 1. The van der Waals surface area contributed by atoms with Crippen LogP contribution in [0.15, 0.2) is 54.6 Å². The van der Waals surface area contributed by atoms with Crippen LogP contribution in [0.2, 0.25) is 5.02 Å². The Morgan fingerprint density at radius 2 is 1.61 bits per heavy atom. The number of hydrogen-bond donors (Lipinski definition) is 1. The zero-order valence-corrected chi connectivity index (χ0v) is 14.9. The Morgan fingerprint density at radius 1 is 1.00 bits per heavy atom. The lowest BCUT2D eigenvalue weighted by molar-refractivity contribution is 0.472. The monoisotopic (exact) mass is 351 g/mol. The van der Waals surface area contributed by atoms with E-state index in [2.05, 4.69) is 18.6 Å². The topological polar surface area (TPSA) is 46.2 Å². The van der Waals surface area contributed by atoms with Crippen LogP contribution in [0.5, 0.6) is 0 Å². The van der Waals surface area contributed by atoms with E-state index in [1.807, 2.05) is 30.3 Å². The molecule has 2 aromatic carbocycles. The lowest BCUT2D eigenvalue weighted by Crippen LogP contribution is -2.30. The molecule has 0 saturated carbocycles. The van der Waals surface area contributed by atoms with Crippen molar-refractivity contribution in [3.63, 3.8) is 0 Å². The Morgan fingerprint density at radius 3 is 2.22 bits per heavy atom. The first-order valence-corrected chi connectivity index (χ1v) is 9.69. The molecule has 1 unspecified atom stereocenters. The summed E-state index contributed by atoms with van der Waals surface area (Å²) in [5.41, 5.74) is 1.59. The molecule has 5 heteroatoms. The van der Waals surface area contributed by atoms with Crippen molar-refractivity contribution in [3.8, 4) is 0 Å². The van der Waals surface area contributed by atoms with Gasteiger partial charge in [-0.1, -0.05) is 74.0 Å². The molecule has 0 heterocycles. The zero-order valence-electron chi connectivity index (χ0n) is 13.4. The third kappa shape index (κ3) is 5.65. The molecule has 0 aromatic heterocycles. The molecule has 1 N–H and O–H groups in total. The van der Waals surface area contributed by atoms with E-state index in [4.69, 9.17) is 11.6 Å².